The summed E-state index contributed by atoms with van der Waals surface area (Å²) < 4.78 is 39.6. The average Bonchev–Trinajstić information content (AvgIpc) is 2.37. The molecule has 8 heteroatoms. The summed E-state index contributed by atoms with van der Waals surface area (Å²) in [5.41, 5.74) is -0.583. The van der Waals surface area contributed by atoms with Crippen molar-refractivity contribution in [2.75, 3.05) is 6.54 Å². The zero-order chi connectivity index (χ0) is 15.3. The van der Waals surface area contributed by atoms with Gasteiger partial charge in [0.2, 0.25) is 10.0 Å². The number of benzene rings is 1. The highest BCUT2D eigenvalue weighted by molar-refractivity contribution is 7.89. The topological polar surface area (TPSA) is 83.5 Å². The lowest BCUT2D eigenvalue weighted by atomic mass is 10.2. The molecule has 1 rings (SSSR count). The Hall–Kier alpha value is -1.18. The highest BCUT2D eigenvalue weighted by Gasteiger charge is 2.21. The van der Waals surface area contributed by atoms with Crippen LogP contribution in [0.2, 0.25) is 5.02 Å². The molecular formula is C12H15ClFNO4S. The molecule has 0 radical (unpaired) electrons. The molecule has 0 aliphatic carbocycles. The fourth-order valence-corrected chi connectivity index (χ4v) is 2.84. The van der Waals surface area contributed by atoms with Crippen molar-refractivity contribution >= 4 is 27.6 Å². The first kappa shape index (κ1) is 16.9. The fraction of sp³-hybridized carbons (Fsp3) is 0.417. The van der Waals surface area contributed by atoms with Crippen LogP contribution in [0, 0.1) is 5.82 Å². The second-order valence-electron chi connectivity index (χ2n) is 4.18. The Morgan fingerprint density at radius 3 is 2.60 bits per heavy atom. The fourth-order valence-electron chi connectivity index (χ4n) is 1.54. The summed E-state index contributed by atoms with van der Waals surface area (Å²) >= 11 is 5.48. The zero-order valence-corrected chi connectivity index (χ0v) is 12.4. The molecule has 0 amide bonds. The molecule has 0 saturated heterocycles. The summed E-state index contributed by atoms with van der Waals surface area (Å²) in [4.78, 5) is 10.4. The molecule has 0 bridgehead atoms. The molecule has 0 heterocycles. The Bertz CT molecular complexity index is 604. The number of carboxylic acid groups (broad SMARTS) is 1. The van der Waals surface area contributed by atoms with Crippen LogP contribution < -0.4 is 4.72 Å². The van der Waals surface area contributed by atoms with Gasteiger partial charge in [-0.05, 0) is 18.6 Å². The largest absolute Gasteiger partial charge is 0.478 e. The van der Waals surface area contributed by atoms with Gasteiger partial charge in [0, 0.05) is 6.54 Å². The molecule has 0 saturated carbocycles. The Balaban J connectivity index is 3.04. The molecule has 0 aliphatic rings. The van der Waals surface area contributed by atoms with E-state index in [1.165, 1.54) is 0 Å². The van der Waals surface area contributed by atoms with Gasteiger partial charge in [-0.15, -0.1) is 0 Å². The standard InChI is InChI=1S/C12H15ClFNO4S/c1-2-3-4-5-15-20(18,19)8-6-9(12(16)17)11(13)10(14)7-8/h6-7,15H,2-5H2,1H3,(H,16,17). The summed E-state index contributed by atoms with van der Waals surface area (Å²) in [6, 6.07) is 1.55. The van der Waals surface area contributed by atoms with E-state index in [4.69, 9.17) is 16.7 Å². The molecule has 0 aliphatic heterocycles. The van der Waals surface area contributed by atoms with Crippen LogP contribution in [0.25, 0.3) is 0 Å². The summed E-state index contributed by atoms with van der Waals surface area (Å²) in [6.45, 7) is 2.19. The molecule has 1 aromatic rings. The number of halogens is 2. The average molecular weight is 324 g/mol. The van der Waals surface area contributed by atoms with E-state index in [9.17, 15) is 17.6 Å². The predicted molar refractivity (Wildman–Crippen MR) is 73.1 cm³/mol. The van der Waals surface area contributed by atoms with Gasteiger partial charge >= 0.3 is 5.97 Å². The predicted octanol–water partition coefficient (Wildman–Crippen LogP) is 2.65. The maximum absolute atomic E-state index is 13.5. The molecule has 112 valence electrons. The lowest BCUT2D eigenvalue weighted by Crippen LogP contribution is -2.25. The van der Waals surface area contributed by atoms with Crippen LogP contribution in [0.5, 0.6) is 0 Å². The van der Waals surface area contributed by atoms with Gasteiger partial charge < -0.3 is 5.11 Å². The van der Waals surface area contributed by atoms with Crippen molar-refractivity contribution in [3.05, 3.63) is 28.5 Å². The third-order valence-electron chi connectivity index (χ3n) is 2.61. The first-order chi connectivity index (χ1) is 9.29. The van der Waals surface area contributed by atoms with Crippen LogP contribution in [-0.2, 0) is 10.0 Å². The van der Waals surface area contributed by atoms with Gasteiger partial charge in [0.25, 0.3) is 0 Å². The van der Waals surface area contributed by atoms with Crippen molar-refractivity contribution < 1.29 is 22.7 Å². The van der Waals surface area contributed by atoms with Gasteiger partial charge in [0.15, 0.2) is 0 Å². The van der Waals surface area contributed by atoms with Gasteiger partial charge in [0.1, 0.15) is 5.82 Å². The lowest BCUT2D eigenvalue weighted by Gasteiger charge is -2.08. The van der Waals surface area contributed by atoms with Crippen molar-refractivity contribution in [3.63, 3.8) is 0 Å². The maximum atomic E-state index is 13.5. The molecule has 5 nitrogen and oxygen atoms in total. The van der Waals surface area contributed by atoms with Crippen LogP contribution in [0.15, 0.2) is 17.0 Å². The van der Waals surface area contributed by atoms with E-state index in [0.29, 0.717) is 12.5 Å². The SMILES string of the molecule is CCCCCNS(=O)(=O)c1cc(F)c(Cl)c(C(=O)O)c1. The Morgan fingerprint density at radius 1 is 1.40 bits per heavy atom. The van der Waals surface area contributed by atoms with Crippen molar-refractivity contribution in [3.8, 4) is 0 Å². The normalized spacial score (nSPS) is 11.6. The molecule has 0 unspecified atom stereocenters. The summed E-state index contributed by atoms with van der Waals surface area (Å²) in [6.07, 6.45) is 2.44. The van der Waals surface area contributed by atoms with Gasteiger partial charge in [-0.1, -0.05) is 31.4 Å². The van der Waals surface area contributed by atoms with Crippen LogP contribution in [0.3, 0.4) is 0 Å². The number of aromatic carboxylic acids is 1. The van der Waals surface area contributed by atoms with E-state index in [1.807, 2.05) is 6.92 Å². The van der Waals surface area contributed by atoms with Gasteiger partial charge in [-0.3, -0.25) is 0 Å². The van der Waals surface area contributed by atoms with Crippen LogP contribution in [-0.4, -0.2) is 26.0 Å². The molecule has 0 spiro atoms. The van der Waals surface area contributed by atoms with Gasteiger partial charge in [0.05, 0.1) is 15.5 Å². The van der Waals surface area contributed by atoms with E-state index in [1.54, 1.807) is 0 Å². The maximum Gasteiger partial charge on any atom is 0.337 e. The third-order valence-corrected chi connectivity index (χ3v) is 4.44. The first-order valence-electron chi connectivity index (χ1n) is 6.01. The van der Waals surface area contributed by atoms with Crippen molar-refractivity contribution in [2.45, 2.75) is 31.1 Å². The number of rotatable bonds is 7. The Kier molecular flexibility index (Phi) is 5.91. The highest BCUT2D eigenvalue weighted by Crippen LogP contribution is 2.24. The number of carboxylic acids is 1. The molecule has 1 aromatic carbocycles. The quantitative estimate of drug-likeness (QED) is 0.756. The molecule has 0 aromatic heterocycles. The van der Waals surface area contributed by atoms with E-state index in [2.05, 4.69) is 4.72 Å². The van der Waals surface area contributed by atoms with Gasteiger partial charge in [-0.25, -0.2) is 22.3 Å². The molecule has 0 atom stereocenters. The first-order valence-corrected chi connectivity index (χ1v) is 7.87. The zero-order valence-electron chi connectivity index (χ0n) is 10.8. The Labute approximate surface area is 121 Å². The summed E-state index contributed by atoms with van der Waals surface area (Å²) in [5.74, 6) is -2.57. The summed E-state index contributed by atoms with van der Waals surface area (Å²) in [5, 5.41) is 8.25. The number of hydrogen-bond donors (Lipinski definition) is 2. The van der Waals surface area contributed by atoms with E-state index >= 15 is 0 Å². The van der Waals surface area contributed by atoms with Crippen LogP contribution in [0.4, 0.5) is 4.39 Å². The van der Waals surface area contributed by atoms with E-state index in [0.717, 1.165) is 18.9 Å². The monoisotopic (exact) mass is 323 g/mol. The Morgan fingerprint density at radius 2 is 2.05 bits per heavy atom. The minimum absolute atomic E-state index is 0.211. The van der Waals surface area contributed by atoms with Crippen LogP contribution >= 0.6 is 11.6 Å². The third kappa shape index (κ3) is 4.16. The highest BCUT2D eigenvalue weighted by atomic mass is 35.5. The molecule has 20 heavy (non-hydrogen) atoms. The molecular weight excluding hydrogens is 309 g/mol. The van der Waals surface area contributed by atoms with Crippen molar-refractivity contribution in [2.24, 2.45) is 0 Å². The van der Waals surface area contributed by atoms with E-state index < -0.39 is 37.3 Å². The second kappa shape index (κ2) is 7.01. The van der Waals surface area contributed by atoms with E-state index in [-0.39, 0.29) is 6.54 Å². The molecule has 0 fully saturated rings. The minimum atomic E-state index is -3.95. The van der Waals surface area contributed by atoms with Crippen LogP contribution in [0.1, 0.15) is 36.5 Å². The van der Waals surface area contributed by atoms with Crippen molar-refractivity contribution in [1.82, 2.24) is 4.72 Å². The number of carbonyl (C=O) groups is 1. The number of sulfonamides is 1. The number of hydrogen-bond acceptors (Lipinski definition) is 3. The molecule has 2 N–H and O–H groups in total. The lowest BCUT2D eigenvalue weighted by molar-refractivity contribution is 0.0696. The minimum Gasteiger partial charge on any atom is -0.478 e. The van der Waals surface area contributed by atoms with Crippen molar-refractivity contribution in [1.29, 1.82) is 0 Å². The number of unbranched alkanes of at least 4 members (excludes halogenated alkanes) is 2. The van der Waals surface area contributed by atoms with Gasteiger partial charge in [-0.2, -0.15) is 0 Å². The second-order valence-corrected chi connectivity index (χ2v) is 6.32. The summed E-state index contributed by atoms with van der Waals surface area (Å²) in [7, 11) is -3.95. The smallest absolute Gasteiger partial charge is 0.337 e. The number of nitrogens with one attached hydrogen (secondary N) is 1.